The lowest BCUT2D eigenvalue weighted by Gasteiger charge is -2.41. The summed E-state index contributed by atoms with van der Waals surface area (Å²) in [7, 11) is 0. The monoisotopic (exact) mass is 506 g/mol. The van der Waals surface area contributed by atoms with Crippen molar-refractivity contribution in [1.29, 1.82) is 0 Å². The zero-order valence-electron chi connectivity index (χ0n) is 21.6. The number of carbonyl (C=O) groups is 2. The molecule has 2 fully saturated rings. The van der Waals surface area contributed by atoms with E-state index in [0.29, 0.717) is 30.0 Å². The summed E-state index contributed by atoms with van der Waals surface area (Å²) in [5.74, 6) is -0.0331. The van der Waals surface area contributed by atoms with Crippen LogP contribution in [-0.2, 0) is 19.1 Å². The van der Waals surface area contributed by atoms with Gasteiger partial charge in [-0.3, -0.25) is 9.59 Å². The van der Waals surface area contributed by atoms with Gasteiger partial charge in [-0.1, -0.05) is 40.7 Å². The number of aliphatic hydroxyl groups excluding tert-OH is 3. The summed E-state index contributed by atoms with van der Waals surface area (Å²) < 4.78 is 16.6. The van der Waals surface area contributed by atoms with Crippen LogP contribution in [0.5, 0.6) is 5.75 Å². The highest BCUT2D eigenvalue weighted by atomic mass is 16.7. The molecule has 1 aliphatic carbocycles. The van der Waals surface area contributed by atoms with Gasteiger partial charge in [-0.15, -0.1) is 0 Å². The molecule has 5 N–H and O–H groups in total. The lowest BCUT2D eigenvalue weighted by molar-refractivity contribution is -0.155. The number of amides is 2. The summed E-state index contributed by atoms with van der Waals surface area (Å²) in [4.78, 5) is 24.0. The Morgan fingerprint density at radius 1 is 1.08 bits per heavy atom. The van der Waals surface area contributed by atoms with Crippen LogP contribution in [-0.4, -0.2) is 77.6 Å². The largest absolute Gasteiger partial charge is 0.491 e. The van der Waals surface area contributed by atoms with Gasteiger partial charge in [0.15, 0.2) is 0 Å². The van der Waals surface area contributed by atoms with E-state index in [1.165, 1.54) is 0 Å². The topological polar surface area (TPSA) is 147 Å². The fourth-order valence-electron chi connectivity index (χ4n) is 3.95. The first kappa shape index (κ1) is 28.1. The Morgan fingerprint density at radius 2 is 1.72 bits per heavy atom. The number of anilines is 1. The van der Waals surface area contributed by atoms with Crippen molar-refractivity contribution in [3.63, 3.8) is 0 Å². The van der Waals surface area contributed by atoms with Crippen molar-refractivity contribution in [1.82, 2.24) is 5.32 Å². The molecule has 1 heterocycles. The molecule has 2 aliphatic rings. The lowest BCUT2D eigenvalue weighted by Crippen LogP contribution is -2.67. The Bertz CT molecular complexity index is 987. The number of hydrogen-bond donors (Lipinski definition) is 5. The maximum absolute atomic E-state index is 12.8. The molecule has 1 aromatic carbocycles. The molecule has 6 atom stereocenters. The van der Waals surface area contributed by atoms with Gasteiger partial charge >= 0.3 is 0 Å². The van der Waals surface area contributed by atoms with Gasteiger partial charge in [0.1, 0.15) is 43.1 Å². The normalized spacial score (nSPS) is 28.9. The Hall–Kier alpha value is -2.50. The molecule has 0 spiro atoms. The standard InChI is InChI=1S/C26H38N2O8/c1-14(24(33)28-18-19(30)21(32)23-22(20(18)31)35-13-36-23)9-15-7-8-17(16(10-15)27-12-29)34-11-26(5,6)25(2,3)4/h7-10,12,18-23,30-32H,11,13H2,1-6H3,(H,27,29)(H,28,33)/b14-9+/t18-,19+,20-,21-,22+,23-/m1/s1. The summed E-state index contributed by atoms with van der Waals surface area (Å²) in [5.41, 5.74) is 1.26. The van der Waals surface area contributed by atoms with Crippen LogP contribution in [0.25, 0.3) is 6.08 Å². The fraction of sp³-hybridized carbons (Fsp3) is 0.615. The number of rotatable bonds is 8. The van der Waals surface area contributed by atoms with Crippen LogP contribution in [0.15, 0.2) is 23.8 Å². The zero-order chi connectivity index (χ0) is 26.8. The van der Waals surface area contributed by atoms with Crippen molar-refractivity contribution in [2.75, 3.05) is 18.7 Å². The molecular formula is C26H38N2O8. The quantitative estimate of drug-likeness (QED) is 0.263. The first-order valence-electron chi connectivity index (χ1n) is 12.0. The second kappa shape index (κ2) is 10.9. The summed E-state index contributed by atoms with van der Waals surface area (Å²) in [5, 5.41) is 36.5. The third-order valence-corrected chi connectivity index (χ3v) is 7.48. The fourth-order valence-corrected chi connectivity index (χ4v) is 3.95. The number of aliphatic hydroxyl groups is 3. The molecule has 10 heteroatoms. The smallest absolute Gasteiger partial charge is 0.247 e. The summed E-state index contributed by atoms with van der Waals surface area (Å²) in [6, 6.07) is 4.03. The highest BCUT2D eigenvalue weighted by Gasteiger charge is 2.53. The molecule has 0 unspecified atom stereocenters. The van der Waals surface area contributed by atoms with E-state index in [0.717, 1.165) is 0 Å². The van der Waals surface area contributed by atoms with Crippen molar-refractivity contribution in [3.8, 4) is 5.75 Å². The molecule has 0 aromatic heterocycles. The molecule has 3 rings (SSSR count). The van der Waals surface area contributed by atoms with E-state index in [1.54, 1.807) is 31.2 Å². The summed E-state index contributed by atoms with van der Waals surface area (Å²) >= 11 is 0. The van der Waals surface area contributed by atoms with Crippen LogP contribution >= 0.6 is 0 Å². The van der Waals surface area contributed by atoms with E-state index in [9.17, 15) is 24.9 Å². The van der Waals surface area contributed by atoms with Crippen LogP contribution in [0.3, 0.4) is 0 Å². The van der Waals surface area contributed by atoms with E-state index in [1.807, 2.05) is 0 Å². The van der Waals surface area contributed by atoms with E-state index < -0.39 is 42.5 Å². The zero-order valence-corrected chi connectivity index (χ0v) is 21.6. The maximum atomic E-state index is 12.8. The molecular weight excluding hydrogens is 468 g/mol. The van der Waals surface area contributed by atoms with Crippen LogP contribution in [0.2, 0.25) is 0 Å². The number of hydrogen-bond acceptors (Lipinski definition) is 8. The molecule has 0 bridgehead atoms. The van der Waals surface area contributed by atoms with Crippen molar-refractivity contribution in [2.24, 2.45) is 10.8 Å². The third-order valence-electron chi connectivity index (χ3n) is 7.48. The van der Waals surface area contributed by atoms with Gasteiger partial charge in [0.05, 0.1) is 18.3 Å². The number of benzene rings is 1. The molecule has 1 saturated heterocycles. The maximum Gasteiger partial charge on any atom is 0.247 e. The van der Waals surface area contributed by atoms with Gasteiger partial charge in [-0.2, -0.15) is 0 Å². The molecule has 2 amide bonds. The third kappa shape index (κ3) is 5.90. The second-order valence-corrected chi connectivity index (χ2v) is 11.1. The van der Waals surface area contributed by atoms with E-state index in [-0.39, 0.29) is 23.2 Å². The molecule has 0 radical (unpaired) electrons. The Balaban J connectivity index is 1.73. The van der Waals surface area contributed by atoms with E-state index in [2.05, 4.69) is 45.3 Å². The minimum absolute atomic E-state index is 0.00571. The summed E-state index contributed by atoms with van der Waals surface area (Å²) in [6.07, 6.45) is -3.57. The Morgan fingerprint density at radius 3 is 2.33 bits per heavy atom. The van der Waals surface area contributed by atoms with E-state index >= 15 is 0 Å². The predicted octanol–water partition coefficient (Wildman–Crippen LogP) is 1.43. The molecule has 1 saturated carbocycles. The Kier molecular flexibility index (Phi) is 8.47. The number of carbonyl (C=O) groups excluding carboxylic acids is 2. The van der Waals surface area contributed by atoms with Crippen LogP contribution in [0, 0.1) is 10.8 Å². The average molecular weight is 507 g/mol. The molecule has 200 valence electrons. The van der Waals surface area contributed by atoms with Gasteiger partial charge in [0.2, 0.25) is 12.3 Å². The van der Waals surface area contributed by atoms with Crippen LogP contribution in [0.4, 0.5) is 5.69 Å². The highest BCUT2D eigenvalue weighted by Crippen LogP contribution is 2.39. The SMILES string of the molecule is C/C(=C\c1ccc(OCC(C)(C)C(C)(C)C)c(NC=O)c1)C(=O)N[C@@H]1[C@H](O)[C@@H](O)[C@H]2OCO[C@H]2[C@@H]1O. The van der Waals surface area contributed by atoms with Gasteiger partial charge in [0.25, 0.3) is 0 Å². The number of nitrogens with one attached hydrogen (secondary N) is 2. The minimum atomic E-state index is -1.43. The van der Waals surface area contributed by atoms with Crippen molar-refractivity contribution in [3.05, 3.63) is 29.3 Å². The number of fused-ring (bicyclic) bond motifs is 1. The van der Waals surface area contributed by atoms with Crippen LogP contribution in [0.1, 0.15) is 47.1 Å². The van der Waals surface area contributed by atoms with Crippen molar-refractivity contribution in [2.45, 2.75) is 78.1 Å². The van der Waals surface area contributed by atoms with Gasteiger partial charge < -0.3 is 40.2 Å². The molecule has 36 heavy (non-hydrogen) atoms. The minimum Gasteiger partial charge on any atom is -0.491 e. The Labute approximate surface area is 211 Å². The second-order valence-electron chi connectivity index (χ2n) is 11.1. The van der Waals surface area contributed by atoms with E-state index in [4.69, 9.17) is 14.2 Å². The van der Waals surface area contributed by atoms with Crippen molar-refractivity contribution < 1.29 is 39.1 Å². The highest BCUT2D eigenvalue weighted by molar-refractivity contribution is 5.97. The van der Waals surface area contributed by atoms with Gasteiger partial charge in [-0.05, 0) is 36.1 Å². The van der Waals surface area contributed by atoms with Gasteiger partial charge in [0, 0.05) is 11.0 Å². The first-order valence-corrected chi connectivity index (χ1v) is 12.0. The lowest BCUT2D eigenvalue weighted by atomic mass is 9.70. The average Bonchev–Trinajstić information content (AvgIpc) is 3.29. The van der Waals surface area contributed by atoms with Gasteiger partial charge in [-0.25, -0.2) is 0 Å². The van der Waals surface area contributed by atoms with Crippen LogP contribution < -0.4 is 15.4 Å². The molecule has 1 aromatic rings. The molecule has 1 aliphatic heterocycles. The van der Waals surface area contributed by atoms with Crippen molar-refractivity contribution >= 4 is 24.1 Å². The number of ether oxygens (including phenoxy) is 3. The first-order chi connectivity index (χ1) is 16.8. The molecule has 10 nitrogen and oxygen atoms in total. The predicted molar refractivity (Wildman–Crippen MR) is 133 cm³/mol. The summed E-state index contributed by atoms with van der Waals surface area (Å²) in [6.45, 7) is 12.6.